The lowest BCUT2D eigenvalue weighted by molar-refractivity contribution is 0.0903. The second-order valence-corrected chi connectivity index (χ2v) is 6.77. The van der Waals surface area contributed by atoms with Crippen molar-refractivity contribution in [3.8, 4) is 5.75 Å². The van der Waals surface area contributed by atoms with Crippen molar-refractivity contribution >= 4 is 23.2 Å². The van der Waals surface area contributed by atoms with Crippen LogP contribution in [0, 0.1) is 6.92 Å². The van der Waals surface area contributed by atoms with Gasteiger partial charge in [0.1, 0.15) is 5.75 Å². The molecule has 8 nitrogen and oxygen atoms in total. The van der Waals surface area contributed by atoms with Gasteiger partial charge in [-0.25, -0.2) is 9.97 Å². The third kappa shape index (κ3) is 4.51. The summed E-state index contributed by atoms with van der Waals surface area (Å²) in [6.45, 7) is 5.38. The maximum Gasteiger partial charge on any atom is 0.271 e. The number of carbonyl (C=O) groups excluding carboxylic acids is 1. The lowest BCUT2D eigenvalue weighted by atomic mass is 10.1. The highest BCUT2D eigenvalue weighted by Crippen LogP contribution is 2.27. The molecular formula is C20H27N5O3. The molecule has 1 aliphatic rings. The monoisotopic (exact) mass is 385 g/mol. The largest absolute Gasteiger partial charge is 0.496 e. The molecule has 0 saturated carbocycles. The van der Waals surface area contributed by atoms with Gasteiger partial charge in [-0.2, -0.15) is 0 Å². The number of nitrogens with one attached hydrogen (secondary N) is 2. The number of anilines is 3. The van der Waals surface area contributed by atoms with Crippen molar-refractivity contribution in [2.24, 2.45) is 5.73 Å². The lowest BCUT2D eigenvalue weighted by Gasteiger charge is -2.25. The SMILES string of the molecule is CCc1nc(C(N)=O)c(Nc2ccc(C)c(OC)c2)nc1NC1CCOCC1. The number of rotatable bonds is 7. The molecular weight excluding hydrogens is 358 g/mol. The number of benzene rings is 1. The topological polar surface area (TPSA) is 111 Å². The summed E-state index contributed by atoms with van der Waals surface area (Å²) < 4.78 is 10.8. The van der Waals surface area contributed by atoms with Crippen molar-refractivity contribution in [2.45, 2.75) is 39.2 Å². The molecule has 3 rings (SSSR count). The van der Waals surface area contributed by atoms with E-state index in [0.29, 0.717) is 23.8 Å². The Morgan fingerprint density at radius 2 is 2.04 bits per heavy atom. The summed E-state index contributed by atoms with van der Waals surface area (Å²) in [5, 5.41) is 6.62. The van der Waals surface area contributed by atoms with E-state index in [2.05, 4.69) is 20.6 Å². The molecule has 150 valence electrons. The Morgan fingerprint density at radius 3 is 2.68 bits per heavy atom. The van der Waals surface area contributed by atoms with Crippen molar-refractivity contribution in [2.75, 3.05) is 31.0 Å². The Kier molecular flexibility index (Phi) is 6.30. The number of methoxy groups -OCH3 is 1. The first-order valence-electron chi connectivity index (χ1n) is 9.48. The molecule has 1 amide bonds. The molecule has 0 spiro atoms. The number of ether oxygens (including phenoxy) is 2. The summed E-state index contributed by atoms with van der Waals surface area (Å²) in [5.74, 6) is 1.11. The van der Waals surface area contributed by atoms with Gasteiger partial charge >= 0.3 is 0 Å². The first-order chi connectivity index (χ1) is 13.5. The Balaban J connectivity index is 1.95. The van der Waals surface area contributed by atoms with Gasteiger partial charge in [-0.3, -0.25) is 4.79 Å². The van der Waals surface area contributed by atoms with Gasteiger partial charge in [0.15, 0.2) is 17.3 Å². The molecule has 8 heteroatoms. The summed E-state index contributed by atoms with van der Waals surface area (Å²) in [7, 11) is 1.62. The molecule has 0 aliphatic carbocycles. The van der Waals surface area contributed by atoms with Crippen molar-refractivity contribution in [3.63, 3.8) is 0 Å². The first-order valence-corrected chi connectivity index (χ1v) is 9.48. The van der Waals surface area contributed by atoms with Crippen LogP contribution in [0.2, 0.25) is 0 Å². The van der Waals surface area contributed by atoms with Crippen LogP contribution in [0.15, 0.2) is 18.2 Å². The maximum atomic E-state index is 12.0. The molecule has 1 aromatic heterocycles. The summed E-state index contributed by atoms with van der Waals surface area (Å²) in [6.07, 6.45) is 2.44. The minimum atomic E-state index is -0.624. The van der Waals surface area contributed by atoms with E-state index in [0.717, 1.165) is 43.1 Å². The molecule has 4 N–H and O–H groups in total. The van der Waals surface area contributed by atoms with E-state index in [4.69, 9.17) is 15.2 Å². The van der Waals surface area contributed by atoms with Crippen LogP contribution in [0.25, 0.3) is 0 Å². The van der Waals surface area contributed by atoms with E-state index in [1.165, 1.54) is 0 Å². The predicted octanol–water partition coefficient (Wildman–Crippen LogP) is 2.79. The summed E-state index contributed by atoms with van der Waals surface area (Å²) >= 11 is 0. The zero-order chi connectivity index (χ0) is 20.1. The molecule has 0 unspecified atom stereocenters. The van der Waals surface area contributed by atoms with Crippen LogP contribution in [0.5, 0.6) is 5.75 Å². The highest BCUT2D eigenvalue weighted by atomic mass is 16.5. The van der Waals surface area contributed by atoms with Gasteiger partial charge in [0.25, 0.3) is 5.91 Å². The van der Waals surface area contributed by atoms with E-state index >= 15 is 0 Å². The minimum Gasteiger partial charge on any atom is -0.496 e. The average Bonchev–Trinajstić information content (AvgIpc) is 2.70. The van der Waals surface area contributed by atoms with Crippen LogP contribution in [0.3, 0.4) is 0 Å². The molecule has 0 radical (unpaired) electrons. The van der Waals surface area contributed by atoms with Gasteiger partial charge < -0.3 is 25.8 Å². The van der Waals surface area contributed by atoms with Crippen molar-refractivity contribution in [1.29, 1.82) is 0 Å². The molecule has 2 heterocycles. The fourth-order valence-electron chi connectivity index (χ4n) is 3.16. The Labute approximate surface area is 164 Å². The zero-order valence-electron chi connectivity index (χ0n) is 16.5. The van der Waals surface area contributed by atoms with Crippen molar-refractivity contribution in [1.82, 2.24) is 9.97 Å². The van der Waals surface area contributed by atoms with E-state index < -0.39 is 5.91 Å². The molecule has 1 saturated heterocycles. The number of nitrogens with zero attached hydrogens (tertiary/aromatic N) is 2. The summed E-state index contributed by atoms with van der Waals surface area (Å²) in [4.78, 5) is 21.1. The third-order valence-electron chi connectivity index (χ3n) is 4.77. The number of hydrogen-bond acceptors (Lipinski definition) is 7. The number of aromatic nitrogens is 2. The van der Waals surface area contributed by atoms with Crippen LogP contribution < -0.4 is 21.1 Å². The minimum absolute atomic E-state index is 0.119. The molecule has 1 fully saturated rings. The van der Waals surface area contributed by atoms with Crippen LogP contribution in [-0.2, 0) is 11.2 Å². The molecule has 1 aliphatic heterocycles. The van der Waals surface area contributed by atoms with Gasteiger partial charge in [-0.15, -0.1) is 0 Å². The van der Waals surface area contributed by atoms with Crippen molar-refractivity contribution in [3.05, 3.63) is 35.2 Å². The highest BCUT2D eigenvalue weighted by Gasteiger charge is 2.20. The molecule has 0 bridgehead atoms. The number of primary amides is 1. The zero-order valence-corrected chi connectivity index (χ0v) is 16.5. The van der Waals surface area contributed by atoms with E-state index in [-0.39, 0.29) is 11.7 Å². The fourth-order valence-corrected chi connectivity index (χ4v) is 3.16. The van der Waals surface area contributed by atoms with Gasteiger partial charge in [0, 0.05) is 31.0 Å². The van der Waals surface area contributed by atoms with Gasteiger partial charge in [-0.1, -0.05) is 13.0 Å². The number of carbonyl (C=O) groups is 1. The van der Waals surface area contributed by atoms with Crippen LogP contribution in [0.4, 0.5) is 17.3 Å². The number of nitrogens with two attached hydrogens (primary N) is 1. The average molecular weight is 385 g/mol. The normalized spacial score (nSPS) is 14.5. The molecule has 0 atom stereocenters. The van der Waals surface area contributed by atoms with Crippen molar-refractivity contribution < 1.29 is 14.3 Å². The maximum absolute atomic E-state index is 12.0. The Morgan fingerprint density at radius 1 is 1.29 bits per heavy atom. The third-order valence-corrected chi connectivity index (χ3v) is 4.77. The second-order valence-electron chi connectivity index (χ2n) is 6.77. The van der Waals surface area contributed by atoms with E-state index in [1.807, 2.05) is 32.0 Å². The molecule has 28 heavy (non-hydrogen) atoms. The summed E-state index contributed by atoms with van der Waals surface area (Å²) in [5.41, 5.74) is 8.15. The number of hydrogen-bond donors (Lipinski definition) is 3. The lowest BCUT2D eigenvalue weighted by Crippen LogP contribution is -2.29. The quantitative estimate of drug-likeness (QED) is 0.672. The molecule has 2 aromatic rings. The molecule has 1 aromatic carbocycles. The van der Waals surface area contributed by atoms with E-state index in [1.54, 1.807) is 7.11 Å². The Hall–Kier alpha value is -2.87. The first kappa shape index (κ1) is 19.9. The highest BCUT2D eigenvalue weighted by molar-refractivity contribution is 5.96. The van der Waals surface area contributed by atoms with Crippen LogP contribution in [0.1, 0.15) is 41.5 Å². The van der Waals surface area contributed by atoms with Gasteiger partial charge in [0.2, 0.25) is 0 Å². The Bertz CT molecular complexity index is 850. The summed E-state index contributed by atoms with van der Waals surface area (Å²) in [6, 6.07) is 5.94. The predicted molar refractivity (Wildman–Crippen MR) is 108 cm³/mol. The smallest absolute Gasteiger partial charge is 0.271 e. The van der Waals surface area contributed by atoms with Gasteiger partial charge in [-0.05, 0) is 37.8 Å². The fraction of sp³-hybridized carbons (Fsp3) is 0.450. The standard InChI is InChI=1S/C20H27N5O3/c1-4-15-19(22-13-7-9-28-10-8-13)25-20(17(24-15)18(21)26)23-14-6-5-12(2)16(11-14)27-3/h5-6,11,13H,4,7-10H2,1-3H3,(H2,21,26)(H2,22,23,25). The van der Waals surface area contributed by atoms with E-state index in [9.17, 15) is 4.79 Å². The second kappa shape index (κ2) is 8.88. The number of amides is 1. The van der Waals surface area contributed by atoms with Crippen LogP contribution in [-0.4, -0.2) is 42.2 Å². The number of aryl methyl sites for hydroxylation is 2. The van der Waals surface area contributed by atoms with Crippen LogP contribution >= 0.6 is 0 Å². The van der Waals surface area contributed by atoms with Gasteiger partial charge in [0.05, 0.1) is 12.8 Å².